The molecule has 2 aromatic carbocycles. The molecule has 0 amide bonds. The second kappa shape index (κ2) is 5.62. The Kier molecular flexibility index (Phi) is 4.08. The lowest BCUT2D eigenvalue weighted by molar-refractivity contribution is 0.616. The summed E-state index contributed by atoms with van der Waals surface area (Å²) in [7, 11) is 0. The number of benzene rings is 2. The van der Waals surface area contributed by atoms with E-state index in [1.807, 2.05) is 38.1 Å². The van der Waals surface area contributed by atoms with Crippen molar-refractivity contribution in [1.29, 1.82) is 0 Å². The lowest BCUT2D eigenvalue weighted by atomic mass is 9.91. The number of aryl methyl sites for hydroxylation is 4. The van der Waals surface area contributed by atoms with Crippen molar-refractivity contribution < 1.29 is 4.39 Å². The standard InChI is InChI=1S/C19H21F/c1-6-7-16-11-17(10-15(5)19(16)20)18-13(3)8-12(2)9-14(18)4/h6-11H,1-5H3/b7-6-. The minimum absolute atomic E-state index is 0.130. The van der Waals surface area contributed by atoms with Crippen molar-refractivity contribution in [2.75, 3.05) is 0 Å². The summed E-state index contributed by atoms with van der Waals surface area (Å²) in [5, 5.41) is 0. The Bertz CT molecular complexity index is 655. The van der Waals surface area contributed by atoms with Gasteiger partial charge in [-0.2, -0.15) is 0 Å². The zero-order valence-electron chi connectivity index (χ0n) is 12.8. The summed E-state index contributed by atoms with van der Waals surface area (Å²) >= 11 is 0. The molecule has 0 spiro atoms. The number of hydrogen-bond acceptors (Lipinski definition) is 0. The fraction of sp³-hybridized carbons (Fsp3) is 0.263. The maximum atomic E-state index is 14.1. The average molecular weight is 268 g/mol. The SMILES string of the molecule is C/C=C\c1cc(-c2c(C)cc(C)cc2C)cc(C)c1F. The Balaban J connectivity index is 2.71. The average Bonchev–Trinajstić information content (AvgIpc) is 2.34. The van der Waals surface area contributed by atoms with Crippen LogP contribution >= 0.6 is 0 Å². The second-order valence-electron chi connectivity index (χ2n) is 5.47. The summed E-state index contributed by atoms with van der Waals surface area (Å²) in [6, 6.07) is 8.23. The largest absolute Gasteiger partial charge is 0.206 e. The minimum atomic E-state index is -0.130. The van der Waals surface area contributed by atoms with Gasteiger partial charge in [-0.05, 0) is 74.6 Å². The van der Waals surface area contributed by atoms with E-state index in [0.29, 0.717) is 11.1 Å². The van der Waals surface area contributed by atoms with Crippen LogP contribution in [0.25, 0.3) is 17.2 Å². The van der Waals surface area contributed by atoms with E-state index < -0.39 is 0 Å². The van der Waals surface area contributed by atoms with Gasteiger partial charge in [-0.25, -0.2) is 4.39 Å². The third-order valence-corrected chi connectivity index (χ3v) is 3.59. The van der Waals surface area contributed by atoms with Gasteiger partial charge in [-0.3, -0.25) is 0 Å². The molecular formula is C19H21F. The second-order valence-corrected chi connectivity index (χ2v) is 5.47. The maximum Gasteiger partial charge on any atom is 0.133 e. The highest BCUT2D eigenvalue weighted by atomic mass is 19.1. The van der Waals surface area contributed by atoms with Crippen molar-refractivity contribution in [3.8, 4) is 11.1 Å². The van der Waals surface area contributed by atoms with Gasteiger partial charge in [-0.15, -0.1) is 0 Å². The third-order valence-electron chi connectivity index (χ3n) is 3.59. The number of halogens is 1. The fourth-order valence-corrected chi connectivity index (χ4v) is 2.88. The van der Waals surface area contributed by atoms with Gasteiger partial charge in [0.15, 0.2) is 0 Å². The van der Waals surface area contributed by atoms with Gasteiger partial charge in [-0.1, -0.05) is 29.8 Å². The quantitative estimate of drug-likeness (QED) is 0.649. The van der Waals surface area contributed by atoms with Gasteiger partial charge >= 0.3 is 0 Å². The zero-order chi connectivity index (χ0) is 14.9. The first-order valence-corrected chi connectivity index (χ1v) is 6.95. The van der Waals surface area contributed by atoms with E-state index in [9.17, 15) is 4.39 Å². The third kappa shape index (κ3) is 2.67. The monoisotopic (exact) mass is 268 g/mol. The Morgan fingerprint density at radius 3 is 2.00 bits per heavy atom. The molecule has 104 valence electrons. The summed E-state index contributed by atoms with van der Waals surface area (Å²) in [6.45, 7) is 10.1. The normalized spacial score (nSPS) is 11.3. The summed E-state index contributed by atoms with van der Waals surface area (Å²) in [5.41, 5.74) is 7.38. The molecule has 0 saturated heterocycles. The van der Waals surface area contributed by atoms with Gasteiger partial charge < -0.3 is 0 Å². The van der Waals surface area contributed by atoms with Crippen LogP contribution in [-0.2, 0) is 0 Å². The van der Waals surface area contributed by atoms with Crippen molar-refractivity contribution in [2.24, 2.45) is 0 Å². The van der Waals surface area contributed by atoms with E-state index in [1.54, 1.807) is 0 Å². The molecule has 0 bridgehead atoms. The first-order valence-electron chi connectivity index (χ1n) is 6.95. The van der Waals surface area contributed by atoms with Crippen molar-refractivity contribution in [2.45, 2.75) is 34.6 Å². The molecule has 0 aliphatic heterocycles. The molecule has 0 nitrogen and oxygen atoms in total. The first-order chi connectivity index (χ1) is 9.43. The van der Waals surface area contributed by atoms with Crippen LogP contribution in [0.15, 0.2) is 30.3 Å². The molecule has 0 fully saturated rings. The Morgan fingerprint density at radius 2 is 1.45 bits per heavy atom. The molecule has 0 aromatic heterocycles. The molecule has 0 aliphatic rings. The Hall–Kier alpha value is -1.89. The molecule has 0 atom stereocenters. The molecule has 0 saturated carbocycles. The molecule has 0 heterocycles. The van der Waals surface area contributed by atoms with Crippen molar-refractivity contribution in [3.63, 3.8) is 0 Å². The van der Waals surface area contributed by atoms with Crippen LogP contribution < -0.4 is 0 Å². The molecule has 2 aromatic rings. The molecule has 0 aliphatic carbocycles. The van der Waals surface area contributed by atoms with E-state index >= 15 is 0 Å². The summed E-state index contributed by atoms with van der Waals surface area (Å²) in [4.78, 5) is 0. The van der Waals surface area contributed by atoms with Gasteiger partial charge in [0.05, 0.1) is 0 Å². The predicted molar refractivity (Wildman–Crippen MR) is 85.5 cm³/mol. The fourth-order valence-electron chi connectivity index (χ4n) is 2.88. The predicted octanol–water partition coefficient (Wildman–Crippen LogP) is 5.76. The van der Waals surface area contributed by atoms with Crippen LogP contribution in [0.3, 0.4) is 0 Å². The molecule has 2 rings (SSSR count). The smallest absolute Gasteiger partial charge is 0.133 e. The van der Waals surface area contributed by atoms with Gasteiger partial charge in [0, 0.05) is 5.56 Å². The molecule has 1 heteroatoms. The summed E-state index contributed by atoms with van der Waals surface area (Å²) in [5.74, 6) is -0.130. The van der Waals surface area contributed by atoms with Crippen molar-refractivity contribution in [1.82, 2.24) is 0 Å². The van der Waals surface area contributed by atoms with Crippen LogP contribution in [0, 0.1) is 33.5 Å². The van der Waals surface area contributed by atoms with E-state index in [4.69, 9.17) is 0 Å². The summed E-state index contributed by atoms with van der Waals surface area (Å²) < 4.78 is 14.1. The van der Waals surface area contributed by atoms with Crippen molar-refractivity contribution >= 4 is 6.08 Å². The highest BCUT2D eigenvalue weighted by Crippen LogP contribution is 2.31. The lowest BCUT2D eigenvalue weighted by Gasteiger charge is -2.14. The van der Waals surface area contributed by atoms with E-state index in [-0.39, 0.29) is 5.82 Å². The van der Waals surface area contributed by atoms with E-state index in [0.717, 1.165) is 5.56 Å². The Morgan fingerprint density at radius 1 is 0.850 bits per heavy atom. The minimum Gasteiger partial charge on any atom is -0.206 e. The molecular weight excluding hydrogens is 247 g/mol. The molecule has 0 unspecified atom stereocenters. The number of allylic oxidation sites excluding steroid dienone is 1. The lowest BCUT2D eigenvalue weighted by Crippen LogP contribution is -1.94. The van der Waals surface area contributed by atoms with Gasteiger partial charge in [0.1, 0.15) is 5.82 Å². The van der Waals surface area contributed by atoms with Crippen LogP contribution in [0.5, 0.6) is 0 Å². The van der Waals surface area contributed by atoms with Gasteiger partial charge in [0.25, 0.3) is 0 Å². The highest BCUT2D eigenvalue weighted by molar-refractivity contribution is 5.74. The van der Waals surface area contributed by atoms with Crippen LogP contribution in [0.2, 0.25) is 0 Å². The zero-order valence-corrected chi connectivity index (χ0v) is 12.8. The molecule has 0 radical (unpaired) electrons. The van der Waals surface area contributed by atoms with Crippen LogP contribution in [0.4, 0.5) is 4.39 Å². The Labute approximate surface area is 121 Å². The van der Waals surface area contributed by atoms with Crippen LogP contribution in [0.1, 0.15) is 34.7 Å². The van der Waals surface area contributed by atoms with E-state index in [1.165, 1.54) is 22.3 Å². The molecule has 20 heavy (non-hydrogen) atoms. The van der Waals surface area contributed by atoms with Crippen LogP contribution in [-0.4, -0.2) is 0 Å². The number of rotatable bonds is 2. The topological polar surface area (TPSA) is 0 Å². The van der Waals surface area contributed by atoms with Crippen molar-refractivity contribution in [3.05, 3.63) is 64.0 Å². The molecule has 0 N–H and O–H groups in total. The summed E-state index contributed by atoms with van der Waals surface area (Å²) in [6.07, 6.45) is 3.70. The first kappa shape index (κ1) is 14.5. The van der Waals surface area contributed by atoms with E-state index in [2.05, 4.69) is 32.9 Å². The highest BCUT2D eigenvalue weighted by Gasteiger charge is 2.11. The number of hydrogen-bond donors (Lipinski definition) is 0. The van der Waals surface area contributed by atoms with Gasteiger partial charge in [0.2, 0.25) is 0 Å². The maximum absolute atomic E-state index is 14.1.